The summed E-state index contributed by atoms with van der Waals surface area (Å²) in [6, 6.07) is -0.408. The fraction of sp³-hybridized carbons (Fsp3) is 0.615. The van der Waals surface area contributed by atoms with E-state index in [9.17, 15) is 9.59 Å². The molecule has 1 saturated heterocycles. The summed E-state index contributed by atoms with van der Waals surface area (Å²) >= 11 is 0. The average Bonchev–Trinajstić information content (AvgIpc) is 2.97. The highest BCUT2D eigenvalue weighted by Crippen LogP contribution is 2.19. The highest BCUT2D eigenvalue weighted by Gasteiger charge is 2.32. The molecule has 1 aromatic rings. The molecule has 1 amide bonds. The highest BCUT2D eigenvalue weighted by molar-refractivity contribution is 5.84. The largest absolute Gasteiger partial charge is 0.467 e. The van der Waals surface area contributed by atoms with Crippen LogP contribution in [0.25, 0.3) is 0 Å². The summed E-state index contributed by atoms with van der Waals surface area (Å²) in [4.78, 5) is 29.5. The van der Waals surface area contributed by atoms with Gasteiger partial charge in [-0.1, -0.05) is 0 Å². The number of aromatic nitrogens is 2. The van der Waals surface area contributed by atoms with Crippen LogP contribution in [0.15, 0.2) is 18.7 Å². The molecule has 1 aromatic heterocycles. The van der Waals surface area contributed by atoms with Crippen molar-refractivity contribution < 1.29 is 14.3 Å². The van der Waals surface area contributed by atoms with E-state index >= 15 is 0 Å². The number of ether oxygens (including phenoxy) is 1. The lowest BCUT2D eigenvalue weighted by molar-refractivity contribution is -0.154. The van der Waals surface area contributed by atoms with Crippen LogP contribution in [0.3, 0.4) is 0 Å². The monoisotopic (exact) mass is 265 g/mol. The topological polar surface area (TPSA) is 64.4 Å². The Kier molecular flexibility index (Phi) is 4.54. The van der Waals surface area contributed by atoms with Gasteiger partial charge in [0.25, 0.3) is 0 Å². The van der Waals surface area contributed by atoms with Crippen molar-refractivity contribution in [3.63, 3.8) is 0 Å². The zero-order valence-electron chi connectivity index (χ0n) is 11.1. The number of aryl methyl sites for hydroxylation is 1. The molecule has 104 valence electrons. The maximum absolute atomic E-state index is 12.2. The Morgan fingerprint density at radius 2 is 2.26 bits per heavy atom. The van der Waals surface area contributed by atoms with E-state index in [4.69, 9.17) is 4.74 Å². The van der Waals surface area contributed by atoms with Crippen LogP contribution >= 0.6 is 0 Å². The van der Waals surface area contributed by atoms with Crippen LogP contribution in [0.2, 0.25) is 0 Å². The first-order valence-corrected chi connectivity index (χ1v) is 6.55. The average molecular weight is 265 g/mol. The highest BCUT2D eigenvalue weighted by atomic mass is 16.5. The van der Waals surface area contributed by atoms with Crippen molar-refractivity contribution in [2.45, 2.75) is 38.3 Å². The van der Waals surface area contributed by atoms with Gasteiger partial charge in [-0.2, -0.15) is 0 Å². The Labute approximate surface area is 112 Å². The van der Waals surface area contributed by atoms with Gasteiger partial charge in [-0.15, -0.1) is 0 Å². The molecule has 1 aliphatic rings. The molecule has 19 heavy (non-hydrogen) atoms. The van der Waals surface area contributed by atoms with E-state index in [0.717, 1.165) is 12.8 Å². The first-order valence-electron chi connectivity index (χ1n) is 6.55. The van der Waals surface area contributed by atoms with Crippen LogP contribution in [0.4, 0.5) is 0 Å². The van der Waals surface area contributed by atoms with Crippen LogP contribution < -0.4 is 0 Å². The molecule has 1 atom stereocenters. The summed E-state index contributed by atoms with van der Waals surface area (Å²) < 4.78 is 6.63. The quantitative estimate of drug-likeness (QED) is 0.756. The standard InChI is InChI=1S/C13H19N3O3/c1-19-13(18)11-4-2-3-7-16(11)12(17)5-8-15-9-6-14-10-15/h6,9-11H,2-5,7-8H2,1H3. The fourth-order valence-corrected chi connectivity index (χ4v) is 2.40. The number of carbonyl (C=O) groups is 2. The number of hydrogen-bond acceptors (Lipinski definition) is 4. The molecule has 0 N–H and O–H groups in total. The predicted molar refractivity (Wildman–Crippen MR) is 68.2 cm³/mol. The van der Waals surface area contributed by atoms with Crippen LogP contribution in [0.5, 0.6) is 0 Å². The molecular formula is C13H19N3O3. The molecule has 0 spiro atoms. The van der Waals surface area contributed by atoms with Gasteiger partial charge in [0.1, 0.15) is 6.04 Å². The van der Waals surface area contributed by atoms with Crippen molar-refractivity contribution in [1.29, 1.82) is 0 Å². The van der Waals surface area contributed by atoms with Gasteiger partial charge in [-0.25, -0.2) is 9.78 Å². The molecule has 6 heteroatoms. The van der Waals surface area contributed by atoms with Crippen molar-refractivity contribution in [3.8, 4) is 0 Å². The Bertz CT molecular complexity index is 430. The molecule has 0 saturated carbocycles. The summed E-state index contributed by atoms with van der Waals surface area (Å²) in [6.45, 7) is 1.23. The molecule has 1 aliphatic heterocycles. The normalized spacial score (nSPS) is 19.2. The van der Waals surface area contributed by atoms with Crippen molar-refractivity contribution >= 4 is 11.9 Å². The van der Waals surface area contributed by atoms with Gasteiger partial charge in [0, 0.05) is 31.9 Å². The van der Waals surface area contributed by atoms with Crippen LogP contribution in [0, 0.1) is 0 Å². The SMILES string of the molecule is COC(=O)C1CCCCN1C(=O)CCn1ccnc1. The first-order chi connectivity index (χ1) is 9.22. The van der Waals surface area contributed by atoms with E-state index in [1.165, 1.54) is 7.11 Å². The van der Waals surface area contributed by atoms with Crippen molar-refractivity contribution in [3.05, 3.63) is 18.7 Å². The Hall–Kier alpha value is -1.85. The maximum atomic E-state index is 12.2. The smallest absolute Gasteiger partial charge is 0.328 e. The second-order valence-electron chi connectivity index (χ2n) is 4.67. The second kappa shape index (κ2) is 6.36. The molecule has 2 heterocycles. The van der Waals surface area contributed by atoms with Crippen LogP contribution in [0.1, 0.15) is 25.7 Å². The fourth-order valence-electron chi connectivity index (χ4n) is 2.40. The Balaban J connectivity index is 1.93. The number of amides is 1. The predicted octanol–water partition coefficient (Wildman–Crippen LogP) is 0.827. The van der Waals surface area contributed by atoms with E-state index < -0.39 is 6.04 Å². The Morgan fingerprint density at radius 1 is 1.42 bits per heavy atom. The summed E-state index contributed by atoms with van der Waals surface area (Å²) in [5.74, 6) is -0.306. The lowest BCUT2D eigenvalue weighted by atomic mass is 10.0. The molecule has 1 unspecified atom stereocenters. The molecule has 0 aromatic carbocycles. The van der Waals surface area contributed by atoms with Crippen molar-refractivity contribution in [2.24, 2.45) is 0 Å². The number of nitrogens with zero attached hydrogens (tertiary/aromatic N) is 3. The van der Waals surface area contributed by atoms with Crippen molar-refractivity contribution in [1.82, 2.24) is 14.5 Å². The molecule has 0 aliphatic carbocycles. The lowest BCUT2D eigenvalue weighted by Crippen LogP contribution is -2.48. The first kappa shape index (κ1) is 13.6. The van der Waals surface area contributed by atoms with Gasteiger partial charge in [0.2, 0.25) is 5.91 Å². The van der Waals surface area contributed by atoms with E-state index in [1.54, 1.807) is 17.4 Å². The number of piperidine rings is 1. The third kappa shape index (κ3) is 3.33. The summed E-state index contributed by atoms with van der Waals surface area (Å²) in [5, 5.41) is 0. The second-order valence-corrected chi connectivity index (χ2v) is 4.67. The lowest BCUT2D eigenvalue weighted by Gasteiger charge is -2.33. The van der Waals surface area contributed by atoms with Crippen LogP contribution in [-0.2, 0) is 20.9 Å². The number of methoxy groups -OCH3 is 1. The third-order valence-electron chi connectivity index (χ3n) is 3.44. The third-order valence-corrected chi connectivity index (χ3v) is 3.44. The molecule has 2 rings (SSSR count). The number of hydrogen-bond donors (Lipinski definition) is 0. The molecule has 0 radical (unpaired) electrons. The number of esters is 1. The number of likely N-dealkylation sites (tertiary alicyclic amines) is 1. The molecule has 1 fully saturated rings. The number of rotatable bonds is 4. The minimum absolute atomic E-state index is 0.00352. The molecule has 6 nitrogen and oxygen atoms in total. The zero-order chi connectivity index (χ0) is 13.7. The minimum atomic E-state index is -0.408. The summed E-state index contributed by atoms with van der Waals surface area (Å²) in [5.41, 5.74) is 0. The number of carbonyl (C=O) groups excluding carboxylic acids is 2. The maximum Gasteiger partial charge on any atom is 0.328 e. The minimum Gasteiger partial charge on any atom is -0.467 e. The molecule has 0 bridgehead atoms. The summed E-state index contributed by atoms with van der Waals surface area (Å²) in [7, 11) is 1.37. The van der Waals surface area contributed by atoms with E-state index in [2.05, 4.69) is 4.98 Å². The van der Waals surface area contributed by atoms with E-state index in [-0.39, 0.29) is 11.9 Å². The van der Waals surface area contributed by atoms with Gasteiger partial charge in [-0.05, 0) is 19.3 Å². The van der Waals surface area contributed by atoms with E-state index in [1.807, 2.05) is 10.8 Å². The van der Waals surface area contributed by atoms with Crippen molar-refractivity contribution in [2.75, 3.05) is 13.7 Å². The van der Waals surface area contributed by atoms with Gasteiger partial charge >= 0.3 is 5.97 Å². The van der Waals surface area contributed by atoms with Gasteiger partial charge in [0.15, 0.2) is 0 Å². The van der Waals surface area contributed by atoms with Crippen LogP contribution in [-0.4, -0.2) is 46.0 Å². The Morgan fingerprint density at radius 3 is 2.95 bits per heavy atom. The van der Waals surface area contributed by atoms with Gasteiger partial charge in [-0.3, -0.25) is 4.79 Å². The van der Waals surface area contributed by atoms with E-state index in [0.29, 0.717) is 25.9 Å². The van der Waals surface area contributed by atoms with Gasteiger partial charge in [0.05, 0.1) is 13.4 Å². The molecular weight excluding hydrogens is 246 g/mol. The van der Waals surface area contributed by atoms with Gasteiger partial charge < -0.3 is 14.2 Å². The number of imidazole rings is 1. The summed E-state index contributed by atoms with van der Waals surface area (Å²) in [6.07, 6.45) is 8.17. The zero-order valence-corrected chi connectivity index (χ0v) is 11.1.